The molecule has 2 heterocycles. The lowest BCUT2D eigenvalue weighted by molar-refractivity contribution is -0.0404. The van der Waals surface area contributed by atoms with E-state index in [1.807, 2.05) is 12.5 Å². The van der Waals surface area contributed by atoms with E-state index in [1.165, 1.54) is 25.7 Å². The van der Waals surface area contributed by atoms with E-state index in [2.05, 4.69) is 27.6 Å². The third kappa shape index (κ3) is 3.23. The maximum Gasteiger partial charge on any atom is 0.0948 e. The van der Waals surface area contributed by atoms with E-state index in [-0.39, 0.29) is 0 Å². The van der Waals surface area contributed by atoms with Crippen molar-refractivity contribution >= 4 is 0 Å². The fourth-order valence-corrected chi connectivity index (χ4v) is 3.73. The van der Waals surface area contributed by atoms with Gasteiger partial charge >= 0.3 is 0 Å². The van der Waals surface area contributed by atoms with Crippen molar-refractivity contribution in [1.82, 2.24) is 14.5 Å². The average molecular weight is 277 g/mol. The summed E-state index contributed by atoms with van der Waals surface area (Å²) in [4.78, 5) is 6.60. The van der Waals surface area contributed by atoms with Crippen LogP contribution in [-0.4, -0.2) is 44.8 Å². The molecule has 1 saturated carbocycles. The first-order valence-corrected chi connectivity index (χ1v) is 8.07. The van der Waals surface area contributed by atoms with Crippen LogP contribution in [-0.2, 0) is 0 Å². The quantitative estimate of drug-likeness (QED) is 0.922. The van der Waals surface area contributed by atoms with Crippen LogP contribution in [0, 0.1) is 5.92 Å². The molecule has 0 atom stereocenters. The lowest BCUT2D eigenvalue weighted by Gasteiger charge is -2.41. The maximum atomic E-state index is 10.7. The molecule has 0 spiro atoms. The van der Waals surface area contributed by atoms with Gasteiger partial charge in [-0.05, 0) is 44.4 Å². The van der Waals surface area contributed by atoms with Gasteiger partial charge in [0.15, 0.2) is 0 Å². The van der Waals surface area contributed by atoms with E-state index in [0.29, 0.717) is 6.04 Å². The maximum absolute atomic E-state index is 10.7. The minimum atomic E-state index is -0.422. The molecule has 0 radical (unpaired) electrons. The number of aromatic nitrogens is 2. The molecule has 1 N–H and O–H groups in total. The number of hydrogen-bond donors (Lipinski definition) is 1. The highest BCUT2D eigenvalue weighted by molar-refractivity contribution is 4.90. The number of β-amino-alcohol motifs (C(OH)–C–C–N with tert-alkyl or cyclic N) is 1. The second kappa shape index (κ2) is 5.86. The van der Waals surface area contributed by atoms with Gasteiger partial charge in [0, 0.05) is 38.1 Å². The van der Waals surface area contributed by atoms with Gasteiger partial charge in [0.2, 0.25) is 0 Å². The van der Waals surface area contributed by atoms with Gasteiger partial charge in [-0.3, -0.25) is 0 Å². The van der Waals surface area contributed by atoms with Gasteiger partial charge in [-0.15, -0.1) is 0 Å². The molecule has 0 bridgehead atoms. The van der Waals surface area contributed by atoms with Crippen LogP contribution in [0.1, 0.15) is 51.5 Å². The zero-order valence-corrected chi connectivity index (χ0v) is 12.5. The van der Waals surface area contributed by atoms with Crippen molar-refractivity contribution in [3.05, 3.63) is 18.7 Å². The Labute approximate surface area is 121 Å². The molecule has 112 valence electrons. The van der Waals surface area contributed by atoms with Gasteiger partial charge in [0.05, 0.1) is 11.9 Å². The van der Waals surface area contributed by atoms with Crippen molar-refractivity contribution < 1.29 is 5.11 Å². The molecule has 0 amide bonds. The van der Waals surface area contributed by atoms with Crippen LogP contribution in [0.2, 0.25) is 0 Å². The molecule has 0 unspecified atom stereocenters. The summed E-state index contributed by atoms with van der Waals surface area (Å²) in [6.45, 7) is 5.37. The zero-order chi connectivity index (χ0) is 14.0. The Morgan fingerprint density at radius 1 is 1.20 bits per heavy atom. The summed E-state index contributed by atoms with van der Waals surface area (Å²) in [5.74, 6) is 0.794. The molecule has 4 nitrogen and oxygen atoms in total. The number of imidazole rings is 1. The SMILES string of the molecule is CC1CCC(O)(CN2CCC(n3ccnc3)CC2)CC1. The van der Waals surface area contributed by atoms with Crippen molar-refractivity contribution in [2.24, 2.45) is 5.92 Å². The highest BCUT2D eigenvalue weighted by atomic mass is 16.3. The molecule has 2 aliphatic rings. The average Bonchev–Trinajstić information content (AvgIpc) is 2.97. The third-order valence-electron chi connectivity index (χ3n) is 5.23. The van der Waals surface area contributed by atoms with E-state index in [1.54, 1.807) is 0 Å². The molecule has 1 saturated heterocycles. The molecule has 20 heavy (non-hydrogen) atoms. The largest absolute Gasteiger partial charge is 0.389 e. The second-order valence-electron chi connectivity index (χ2n) is 6.92. The highest BCUT2D eigenvalue weighted by Gasteiger charge is 2.34. The Morgan fingerprint density at radius 2 is 1.90 bits per heavy atom. The number of aliphatic hydroxyl groups is 1. The zero-order valence-electron chi connectivity index (χ0n) is 12.5. The van der Waals surface area contributed by atoms with Gasteiger partial charge in [-0.25, -0.2) is 4.98 Å². The lowest BCUT2D eigenvalue weighted by Crippen LogP contribution is -2.47. The Morgan fingerprint density at radius 3 is 2.50 bits per heavy atom. The second-order valence-corrected chi connectivity index (χ2v) is 6.92. The van der Waals surface area contributed by atoms with Crippen molar-refractivity contribution in [1.29, 1.82) is 0 Å². The minimum Gasteiger partial charge on any atom is -0.389 e. The van der Waals surface area contributed by atoms with Crippen LogP contribution >= 0.6 is 0 Å². The molecule has 1 aromatic heterocycles. The smallest absolute Gasteiger partial charge is 0.0948 e. The number of likely N-dealkylation sites (tertiary alicyclic amines) is 1. The summed E-state index contributed by atoms with van der Waals surface area (Å²) >= 11 is 0. The first-order valence-electron chi connectivity index (χ1n) is 8.07. The summed E-state index contributed by atoms with van der Waals surface area (Å²) in [7, 11) is 0. The Bertz CT molecular complexity index is 401. The molecule has 3 rings (SSSR count). The monoisotopic (exact) mass is 277 g/mol. The molecule has 1 aliphatic carbocycles. The lowest BCUT2D eigenvalue weighted by atomic mass is 9.79. The van der Waals surface area contributed by atoms with Crippen LogP contribution < -0.4 is 0 Å². The van der Waals surface area contributed by atoms with Crippen molar-refractivity contribution in [3.63, 3.8) is 0 Å². The molecule has 1 aromatic rings. The summed E-state index contributed by atoms with van der Waals surface area (Å²) < 4.78 is 2.23. The summed E-state index contributed by atoms with van der Waals surface area (Å²) in [6, 6.07) is 0.592. The van der Waals surface area contributed by atoms with Gasteiger partial charge in [-0.1, -0.05) is 6.92 Å². The number of rotatable bonds is 3. The first-order chi connectivity index (χ1) is 9.65. The van der Waals surface area contributed by atoms with E-state index < -0.39 is 5.60 Å². The minimum absolute atomic E-state index is 0.422. The van der Waals surface area contributed by atoms with Crippen LogP contribution in [0.5, 0.6) is 0 Å². The van der Waals surface area contributed by atoms with Gasteiger partial charge < -0.3 is 14.6 Å². The summed E-state index contributed by atoms with van der Waals surface area (Å²) in [5.41, 5.74) is -0.422. The van der Waals surface area contributed by atoms with E-state index in [4.69, 9.17) is 0 Å². The predicted octanol–water partition coefficient (Wildman–Crippen LogP) is 2.46. The standard InChI is InChI=1S/C16H27N3O/c1-14-2-6-16(20,7-3-14)12-18-9-4-15(5-10-18)19-11-8-17-13-19/h8,11,13-15,20H,2-7,9-10,12H2,1H3. The molecular formula is C16H27N3O. The van der Waals surface area contributed by atoms with E-state index >= 15 is 0 Å². The number of nitrogens with zero attached hydrogens (tertiary/aromatic N) is 3. The number of piperidine rings is 1. The Hall–Kier alpha value is -0.870. The van der Waals surface area contributed by atoms with Crippen molar-refractivity contribution in [3.8, 4) is 0 Å². The summed E-state index contributed by atoms with van der Waals surface area (Å²) in [5, 5.41) is 10.7. The Balaban J connectivity index is 1.49. The van der Waals surface area contributed by atoms with Crippen molar-refractivity contribution in [2.45, 2.75) is 57.1 Å². The van der Waals surface area contributed by atoms with Gasteiger partial charge in [-0.2, -0.15) is 0 Å². The molecule has 0 aromatic carbocycles. The molecule has 2 fully saturated rings. The molecular weight excluding hydrogens is 250 g/mol. The van der Waals surface area contributed by atoms with E-state index in [0.717, 1.165) is 38.4 Å². The van der Waals surface area contributed by atoms with Gasteiger partial charge in [0.1, 0.15) is 0 Å². The fraction of sp³-hybridized carbons (Fsp3) is 0.812. The number of hydrogen-bond acceptors (Lipinski definition) is 3. The Kier molecular flexibility index (Phi) is 4.13. The van der Waals surface area contributed by atoms with E-state index in [9.17, 15) is 5.11 Å². The fourth-order valence-electron chi connectivity index (χ4n) is 3.73. The van der Waals surface area contributed by atoms with Crippen LogP contribution in [0.3, 0.4) is 0 Å². The van der Waals surface area contributed by atoms with Crippen LogP contribution in [0.15, 0.2) is 18.7 Å². The van der Waals surface area contributed by atoms with Crippen molar-refractivity contribution in [2.75, 3.05) is 19.6 Å². The summed E-state index contributed by atoms with van der Waals surface area (Å²) in [6.07, 6.45) is 12.5. The normalized spacial score (nSPS) is 33.4. The molecule has 1 aliphatic heterocycles. The predicted molar refractivity (Wildman–Crippen MR) is 79.5 cm³/mol. The van der Waals surface area contributed by atoms with Gasteiger partial charge in [0.25, 0.3) is 0 Å². The van der Waals surface area contributed by atoms with Crippen LogP contribution in [0.4, 0.5) is 0 Å². The third-order valence-corrected chi connectivity index (χ3v) is 5.23. The van der Waals surface area contributed by atoms with Crippen LogP contribution in [0.25, 0.3) is 0 Å². The topological polar surface area (TPSA) is 41.3 Å². The first kappa shape index (κ1) is 14.1. The molecule has 4 heteroatoms. The highest BCUT2D eigenvalue weighted by Crippen LogP contribution is 2.33.